The number of hydrogen-bond donors (Lipinski definition) is 1. The maximum absolute atomic E-state index is 6.28. The zero-order valence-corrected chi connectivity index (χ0v) is 12.6. The molecule has 1 aromatic carbocycles. The van der Waals surface area contributed by atoms with Crippen LogP contribution in [-0.4, -0.2) is 16.7 Å². The zero-order chi connectivity index (χ0) is 13.6. The van der Waals surface area contributed by atoms with Crippen molar-refractivity contribution < 1.29 is 4.74 Å². The largest absolute Gasteiger partial charge is 0.497 e. The fraction of sp³-hybridized carbons (Fsp3) is 0.357. The summed E-state index contributed by atoms with van der Waals surface area (Å²) in [6.45, 7) is 2.01. The third-order valence-electron chi connectivity index (χ3n) is 3.47. The molecule has 0 unspecified atom stereocenters. The van der Waals surface area contributed by atoms with Crippen molar-refractivity contribution in [1.29, 1.82) is 0 Å². The summed E-state index contributed by atoms with van der Waals surface area (Å²) in [5, 5.41) is 0. The number of nitrogens with zero attached hydrogens (tertiary/aromatic N) is 2. The molecule has 0 aliphatic heterocycles. The summed E-state index contributed by atoms with van der Waals surface area (Å²) in [6.07, 6.45) is 2.39. The zero-order valence-electron chi connectivity index (χ0n) is 11.0. The number of hydrogen-bond acceptors (Lipinski definition) is 3. The van der Waals surface area contributed by atoms with Crippen LogP contribution in [0.1, 0.15) is 24.7 Å². The number of ether oxygens (including phenoxy) is 1. The Bertz CT molecular complexity index is 632. The van der Waals surface area contributed by atoms with Crippen LogP contribution in [0.3, 0.4) is 0 Å². The van der Waals surface area contributed by atoms with E-state index in [0.717, 1.165) is 33.1 Å². The van der Waals surface area contributed by atoms with Gasteiger partial charge in [0.15, 0.2) is 0 Å². The van der Waals surface area contributed by atoms with Gasteiger partial charge >= 0.3 is 0 Å². The number of benzene rings is 1. The molecule has 1 saturated carbocycles. The van der Waals surface area contributed by atoms with Crippen molar-refractivity contribution in [2.24, 2.45) is 0 Å². The SMILES string of the molecule is COc1ccc(Br)c(-c2nc(C)n(C3CC3)c2N)c1. The van der Waals surface area contributed by atoms with Gasteiger partial charge < -0.3 is 15.0 Å². The lowest BCUT2D eigenvalue weighted by atomic mass is 10.1. The molecule has 0 spiro atoms. The normalized spacial score (nSPS) is 14.7. The molecule has 1 heterocycles. The molecule has 1 aromatic heterocycles. The van der Waals surface area contributed by atoms with Crippen LogP contribution < -0.4 is 10.5 Å². The topological polar surface area (TPSA) is 53.1 Å². The second kappa shape index (κ2) is 4.56. The number of methoxy groups -OCH3 is 1. The second-order valence-electron chi connectivity index (χ2n) is 4.84. The van der Waals surface area contributed by atoms with E-state index in [1.807, 2.05) is 25.1 Å². The van der Waals surface area contributed by atoms with E-state index in [0.29, 0.717) is 6.04 Å². The van der Waals surface area contributed by atoms with Gasteiger partial charge in [-0.1, -0.05) is 15.9 Å². The lowest BCUT2D eigenvalue weighted by Crippen LogP contribution is -2.02. The molecular formula is C14H16BrN3O. The molecular weight excluding hydrogens is 306 g/mol. The van der Waals surface area contributed by atoms with E-state index in [-0.39, 0.29) is 0 Å². The fourth-order valence-electron chi connectivity index (χ4n) is 2.37. The Morgan fingerprint density at radius 3 is 2.79 bits per heavy atom. The van der Waals surface area contributed by atoms with Gasteiger partial charge in [-0.2, -0.15) is 0 Å². The van der Waals surface area contributed by atoms with Gasteiger partial charge in [0, 0.05) is 16.1 Å². The summed E-state index contributed by atoms with van der Waals surface area (Å²) in [5.74, 6) is 2.52. The molecule has 5 heteroatoms. The van der Waals surface area contributed by atoms with E-state index in [9.17, 15) is 0 Å². The second-order valence-corrected chi connectivity index (χ2v) is 5.69. The Kier molecular flexibility index (Phi) is 3.01. The highest BCUT2D eigenvalue weighted by atomic mass is 79.9. The predicted molar refractivity (Wildman–Crippen MR) is 79.3 cm³/mol. The lowest BCUT2D eigenvalue weighted by molar-refractivity contribution is 0.415. The van der Waals surface area contributed by atoms with Crippen molar-refractivity contribution in [3.05, 3.63) is 28.5 Å². The standard InChI is InChI=1S/C14H16BrN3O/c1-8-17-13(14(16)18(8)9-3-4-9)11-7-10(19-2)5-6-12(11)15/h5-7,9H,3-4,16H2,1-2H3. The van der Waals surface area contributed by atoms with E-state index in [1.54, 1.807) is 7.11 Å². The minimum atomic E-state index is 0.533. The Morgan fingerprint density at radius 1 is 1.42 bits per heavy atom. The van der Waals surface area contributed by atoms with Crippen molar-refractivity contribution in [3.8, 4) is 17.0 Å². The van der Waals surface area contributed by atoms with Gasteiger partial charge in [-0.05, 0) is 38.0 Å². The first-order valence-corrected chi connectivity index (χ1v) is 7.09. The quantitative estimate of drug-likeness (QED) is 0.940. The summed E-state index contributed by atoms with van der Waals surface area (Å²) in [7, 11) is 1.66. The van der Waals surface area contributed by atoms with E-state index < -0.39 is 0 Å². The van der Waals surface area contributed by atoms with Crippen molar-refractivity contribution in [3.63, 3.8) is 0 Å². The molecule has 0 saturated heterocycles. The summed E-state index contributed by atoms with van der Waals surface area (Å²) < 4.78 is 8.38. The highest BCUT2D eigenvalue weighted by Gasteiger charge is 2.29. The average Bonchev–Trinajstić information content (AvgIpc) is 3.17. The van der Waals surface area contributed by atoms with Gasteiger partial charge in [0.05, 0.1) is 7.11 Å². The van der Waals surface area contributed by atoms with Crippen molar-refractivity contribution in [2.75, 3.05) is 12.8 Å². The van der Waals surface area contributed by atoms with E-state index in [2.05, 4.69) is 25.5 Å². The summed E-state index contributed by atoms with van der Waals surface area (Å²) in [4.78, 5) is 4.63. The molecule has 4 nitrogen and oxygen atoms in total. The first-order chi connectivity index (χ1) is 9.11. The number of nitrogen functional groups attached to an aromatic ring is 1. The minimum absolute atomic E-state index is 0.533. The Labute approximate surface area is 120 Å². The van der Waals surface area contributed by atoms with Crippen LogP contribution in [-0.2, 0) is 0 Å². The van der Waals surface area contributed by atoms with Crippen LogP contribution in [0.5, 0.6) is 5.75 Å². The van der Waals surface area contributed by atoms with Gasteiger partial charge in [-0.25, -0.2) is 4.98 Å². The number of halogens is 1. The molecule has 0 amide bonds. The molecule has 100 valence electrons. The minimum Gasteiger partial charge on any atom is -0.497 e. The maximum Gasteiger partial charge on any atom is 0.132 e. The van der Waals surface area contributed by atoms with Crippen molar-refractivity contribution >= 4 is 21.7 Å². The number of nitrogens with two attached hydrogens (primary N) is 1. The molecule has 1 aliphatic carbocycles. The average molecular weight is 322 g/mol. The Hall–Kier alpha value is -1.49. The van der Waals surface area contributed by atoms with E-state index in [1.165, 1.54) is 12.8 Å². The van der Waals surface area contributed by atoms with Gasteiger partial charge in [-0.15, -0.1) is 0 Å². The Balaban J connectivity index is 2.14. The summed E-state index contributed by atoms with van der Waals surface area (Å²) in [5.41, 5.74) is 8.08. The molecule has 0 atom stereocenters. The molecule has 19 heavy (non-hydrogen) atoms. The summed E-state index contributed by atoms with van der Waals surface area (Å²) >= 11 is 3.56. The maximum atomic E-state index is 6.28. The first-order valence-electron chi connectivity index (χ1n) is 6.30. The van der Waals surface area contributed by atoms with Gasteiger partial charge in [0.1, 0.15) is 23.1 Å². The fourth-order valence-corrected chi connectivity index (χ4v) is 2.80. The molecule has 0 bridgehead atoms. The monoisotopic (exact) mass is 321 g/mol. The van der Waals surface area contributed by atoms with E-state index >= 15 is 0 Å². The molecule has 2 N–H and O–H groups in total. The van der Waals surface area contributed by atoms with Gasteiger partial charge in [0.2, 0.25) is 0 Å². The molecule has 1 aliphatic rings. The highest BCUT2D eigenvalue weighted by molar-refractivity contribution is 9.10. The van der Waals surface area contributed by atoms with E-state index in [4.69, 9.17) is 10.5 Å². The number of anilines is 1. The molecule has 3 rings (SSSR count). The van der Waals surface area contributed by atoms with Gasteiger partial charge in [0.25, 0.3) is 0 Å². The molecule has 1 fully saturated rings. The van der Waals surface area contributed by atoms with Crippen molar-refractivity contribution in [1.82, 2.24) is 9.55 Å². The number of imidazole rings is 1. The smallest absolute Gasteiger partial charge is 0.132 e. The van der Waals surface area contributed by atoms with Crippen LogP contribution in [0.15, 0.2) is 22.7 Å². The first kappa shape index (κ1) is 12.5. The predicted octanol–water partition coefficient (Wildman–Crippen LogP) is 3.55. The molecule has 2 aromatic rings. The molecule has 0 radical (unpaired) electrons. The number of rotatable bonds is 3. The van der Waals surface area contributed by atoms with Crippen molar-refractivity contribution in [2.45, 2.75) is 25.8 Å². The number of aromatic nitrogens is 2. The number of aryl methyl sites for hydroxylation is 1. The highest BCUT2D eigenvalue weighted by Crippen LogP contribution is 2.42. The lowest BCUT2D eigenvalue weighted by Gasteiger charge is -2.07. The third-order valence-corrected chi connectivity index (χ3v) is 4.16. The summed E-state index contributed by atoms with van der Waals surface area (Å²) in [6, 6.07) is 6.36. The van der Waals surface area contributed by atoms with Gasteiger partial charge in [-0.3, -0.25) is 0 Å². The van der Waals surface area contributed by atoms with Crippen LogP contribution in [0.25, 0.3) is 11.3 Å². The van der Waals surface area contributed by atoms with Crippen LogP contribution >= 0.6 is 15.9 Å². The third kappa shape index (κ3) is 2.12. The van der Waals surface area contributed by atoms with Crippen LogP contribution in [0.2, 0.25) is 0 Å². The Morgan fingerprint density at radius 2 is 2.16 bits per heavy atom. The van der Waals surface area contributed by atoms with Crippen LogP contribution in [0.4, 0.5) is 5.82 Å². The van der Waals surface area contributed by atoms with Crippen LogP contribution in [0, 0.1) is 6.92 Å².